The number of fused-ring (bicyclic) bond motifs is 1. The first-order valence-electron chi connectivity index (χ1n) is 3.21. The van der Waals surface area contributed by atoms with Gasteiger partial charge in [0, 0.05) is 7.05 Å². The highest BCUT2D eigenvalue weighted by molar-refractivity contribution is 8.04. The highest BCUT2D eigenvalue weighted by atomic mass is 32.2. The third-order valence-corrected chi connectivity index (χ3v) is 3.99. The quantitative estimate of drug-likeness (QED) is 0.628. The lowest BCUT2D eigenvalue weighted by atomic mass is 10.6. The molecule has 0 fully saturated rings. The number of nitrogens with zero attached hydrogens (tertiary/aromatic N) is 2. The fourth-order valence-corrected chi connectivity index (χ4v) is 3.29. The maximum atomic E-state index is 11.3. The minimum atomic E-state index is -3.25. The van der Waals surface area contributed by atoms with Gasteiger partial charge in [0.15, 0.2) is 0 Å². The Labute approximate surface area is 74.0 Å². The Morgan fingerprint density at radius 2 is 2.33 bits per heavy atom. The van der Waals surface area contributed by atoms with Gasteiger partial charge in [-0.1, -0.05) is 0 Å². The summed E-state index contributed by atoms with van der Waals surface area (Å²) < 4.78 is 22.6. The Morgan fingerprint density at radius 1 is 1.58 bits per heavy atom. The molecule has 0 atom stereocenters. The predicted molar refractivity (Wildman–Crippen MR) is 48.4 cm³/mol. The van der Waals surface area contributed by atoms with Gasteiger partial charge in [0.05, 0.1) is 0 Å². The number of anilines is 1. The summed E-state index contributed by atoms with van der Waals surface area (Å²) in [7, 11) is -1.53. The third-order valence-electron chi connectivity index (χ3n) is 1.57. The predicted octanol–water partition coefficient (Wildman–Crippen LogP) is 0.915. The largest absolute Gasteiger partial charge is 0.256 e. The number of hydrogen-bond donors (Lipinski definition) is 0. The number of thiophene rings is 1. The molecule has 64 valence electrons. The topological polar surface area (TPSA) is 49.7 Å². The molecular weight excluding hydrogens is 196 g/mol. The molecule has 2 heterocycles. The molecule has 2 rings (SSSR count). The van der Waals surface area contributed by atoms with E-state index >= 15 is 0 Å². The van der Waals surface area contributed by atoms with Crippen molar-refractivity contribution >= 4 is 31.7 Å². The molecule has 4 nitrogen and oxygen atoms in total. The fraction of sp³-hybridized carbons (Fsp3) is 0.167. The van der Waals surface area contributed by atoms with E-state index in [4.69, 9.17) is 0 Å². The summed E-state index contributed by atoms with van der Waals surface area (Å²) in [4.78, 5) is 0.352. The molecule has 0 aromatic carbocycles. The zero-order chi connectivity index (χ0) is 8.77. The summed E-state index contributed by atoms with van der Waals surface area (Å²) in [5.74, 6) is 0. The van der Waals surface area contributed by atoms with Crippen LogP contribution in [-0.2, 0) is 9.84 Å². The lowest BCUT2D eigenvalue weighted by Crippen LogP contribution is -2.18. The average Bonchev–Trinajstić information content (AvgIpc) is 2.46. The van der Waals surface area contributed by atoms with Crippen molar-refractivity contribution in [1.82, 2.24) is 0 Å². The van der Waals surface area contributed by atoms with E-state index in [1.165, 1.54) is 11.3 Å². The molecule has 1 aliphatic heterocycles. The van der Waals surface area contributed by atoms with Gasteiger partial charge in [-0.2, -0.15) is 5.10 Å². The second kappa shape index (κ2) is 2.30. The van der Waals surface area contributed by atoms with Gasteiger partial charge in [0.25, 0.3) is 0 Å². The van der Waals surface area contributed by atoms with Crippen LogP contribution in [0.2, 0.25) is 0 Å². The van der Waals surface area contributed by atoms with Crippen LogP contribution in [0.15, 0.2) is 21.4 Å². The maximum Gasteiger partial charge on any atom is 0.221 e. The summed E-state index contributed by atoms with van der Waals surface area (Å²) in [6.07, 6.45) is 0. The SMILES string of the molecule is CN1N=CS(=O)(=O)c2ccsc21. The molecule has 1 aromatic heterocycles. The molecule has 0 N–H and O–H groups in total. The smallest absolute Gasteiger partial charge is 0.221 e. The van der Waals surface area contributed by atoms with Crippen molar-refractivity contribution in [3.05, 3.63) is 11.4 Å². The highest BCUT2D eigenvalue weighted by Gasteiger charge is 2.24. The van der Waals surface area contributed by atoms with Crippen LogP contribution in [0.5, 0.6) is 0 Å². The molecule has 6 heteroatoms. The second-order valence-electron chi connectivity index (χ2n) is 2.38. The van der Waals surface area contributed by atoms with E-state index in [0.717, 1.165) is 5.55 Å². The number of sulfone groups is 1. The van der Waals surface area contributed by atoms with Gasteiger partial charge in [-0.25, -0.2) is 8.42 Å². The number of hydrogen-bond acceptors (Lipinski definition) is 5. The molecule has 0 saturated carbocycles. The van der Waals surface area contributed by atoms with Crippen molar-refractivity contribution < 1.29 is 8.42 Å². The van der Waals surface area contributed by atoms with Crippen molar-refractivity contribution in [1.29, 1.82) is 0 Å². The van der Waals surface area contributed by atoms with E-state index < -0.39 is 9.84 Å². The van der Waals surface area contributed by atoms with Gasteiger partial charge in [-0.15, -0.1) is 11.3 Å². The van der Waals surface area contributed by atoms with Gasteiger partial charge in [-0.05, 0) is 11.4 Å². The Bertz CT molecular complexity index is 432. The minimum absolute atomic E-state index is 0.352. The van der Waals surface area contributed by atoms with Crippen molar-refractivity contribution in [2.24, 2.45) is 5.10 Å². The molecule has 12 heavy (non-hydrogen) atoms. The van der Waals surface area contributed by atoms with E-state index in [-0.39, 0.29) is 0 Å². The summed E-state index contributed by atoms with van der Waals surface area (Å²) in [5, 5.41) is 7.71. The monoisotopic (exact) mass is 202 g/mol. The highest BCUT2D eigenvalue weighted by Crippen LogP contribution is 2.33. The van der Waals surface area contributed by atoms with Crippen molar-refractivity contribution in [2.75, 3.05) is 12.1 Å². The van der Waals surface area contributed by atoms with E-state index in [2.05, 4.69) is 5.10 Å². The summed E-state index contributed by atoms with van der Waals surface area (Å²) in [6, 6.07) is 1.59. The van der Waals surface area contributed by atoms with Crippen LogP contribution in [-0.4, -0.2) is 21.0 Å². The summed E-state index contributed by atoms with van der Waals surface area (Å²) in [6.45, 7) is 0. The van der Waals surface area contributed by atoms with E-state index in [9.17, 15) is 8.42 Å². The van der Waals surface area contributed by atoms with Crippen LogP contribution in [0.25, 0.3) is 0 Å². The molecule has 1 aromatic rings. The zero-order valence-corrected chi connectivity index (χ0v) is 7.89. The second-order valence-corrected chi connectivity index (χ2v) is 5.01. The summed E-state index contributed by atoms with van der Waals surface area (Å²) in [5.41, 5.74) is 0.974. The first kappa shape index (κ1) is 7.75. The van der Waals surface area contributed by atoms with Gasteiger partial charge < -0.3 is 0 Å². The molecule has 0 radical (unpaired) electrons. The maximum absolute atomic E-state index is 11.3. The molecular formula is C6H6N2O2S2. The van der Waals surface area contributed by atoms with Crippen molar-refractivity contribution in [3.8, 4) is 0 Å². The first-order chi connectivity index (χ1) is 5.61. The molecule has 0 aliphatic carbocycles. The van der Waals surface area contributed by atoms with E-state index in [1.54, 1.807) is 23.5 Å². The van der Waals surface area contributed by atoms with Crippen LogP contribution >= 0.6 is 11.3 Å². The minimum Gasteiger partial charge on any atom is -0.256 e. The van der Waals surface area contributed by atoms with Gasteiger partial charge >= 0.3 is 0 Å². The molecule has 0 unspecified atom stereocenters. The van der Waals surface area contributed by atoms with Crippen LogP contribution in [0.3, 0.4) is 0 Å². The van der Waals surface area contributed by atoms with Crippen LogP contribution in [0.4, 0.5) is 5.00 Å². The van der Waals surface area contributed by atoms with Gasteiger partial charge in [0.1, 0.15) is 15.4 Å². The van der Waals surface area contributed by atoms with Crippen molar-refractivity contribution in [2.45, 2.75) is 4.90 Å². The van der Waals surface area contributed by atoms with Gasteiger partial charge in [0.2, 0.25) is 9.84 Å². The zero-order valence-electron chi connectivity index (χ0n) is 6.26. The van der Waals surface area contributed by atoms with E-state index in [1.807, 2.05) is 0 Å². The molecule has 0 amide bonds. The normalized spacial score (nSPS) is 19.2. The molecule has 1 aliphatic rings. The lowest BCUT2D eigenvalue weighted by molar-refractivity contribution is 0.607. The Balaban J connectivity index is 2.74. The van der Waals surface area contributed by atoms with Crippen molar-refractivity contribution in [3.63, 3.8) is 0 Å². The Kier molecular flexibility index (Phi) is 1.49. The Morgan fingerprint density at radius 3 is 3.00 bits per heavy atom. The van der Waals surface area contributed by atoms with Crippen LogP contribution in [0.1, 0.15) is 0 Å². The number of rotatable bonds is 0. The fourth-order valence-electron chi connectivity index (χ4n) is 0.984. The molecule has 0 bridgehead atoms. The van der Waals surface area contributed by atoms with Crippen LogP contribution < -0.4 is 5.01 Å². The first-order valence-corrected chi connectivity index (χ1v) is 5.64. The summed E-state index contributed by atoms with van der Waals surface area (Å²) >= 11 is 1.37. The lowest BCUT2D eigenvalue weighted by Gasteiger charge is -2.15. The average molecular weight is 202 g/mol. The van der Waals surface area contributed by atoms with Gasteiger partial charge in [-0.3, -0.25) is 5.01 Å². The molecule has 0 spiro atoms. The van der Waals surface area contributed by atoms with Crippen LogP contribution in [0, 0.1) is 0 Å². The van der Waals surface area contributed by atoms with E-state index in [0.29, 0.717) is 9.90 Å². The number of hydrazone groups is 1. The Hall–Kier alpha value is -0.880. The molecule has 0 saturated heterocycles. The third kappa shape index (κ3) is 0.953. The standard InChI is InChI=1S/C6H6N2O2S2/c1-8-6-5(2-3-11-6)12(9,10)4-7-8/h2-4H,1H3.